The van der Waals surface area contributed by atoms with E-state index < -0.39 is 5.60 Å². The molecule has 1 unspecified atom stereocenters. The lowest BCUT2D eigenvalue weighted by Crippen LogP contribution is -2.53. The highest BCUT2D eigenvalue weighted by Gasteiger charge is 2.47. The summed E-state index contributed by atoms with van der Waals surface area (Å²) in [5, 5.41) is 15.4. The number of hydrogen-bond acceptors (Lipinski definition) is 3. The number of aromatic nitrogens is 3. The van der Waals surface area contributed by atoms with Crippen molar-refractivity contribution in [3.63, 3.8) is 0 Å². The summed E-state index contributed by atoms with van der Waals surface area (Å²) in [4.78, 5) is 3.97. The Morgan fingerprint density at radius 2 is 1.89 bits per heavy atom. The lowest BCUT2D eigenvalue weighted by molar-refractivity contribution is -0.127. The highest BCUT2D eigenvalue weighted by molar-refractivity contribution is 4.96. The molecule has 1 aliphatic rings. The molecule has 1 N–H and O–H groups in total. The molecular formula is C14H25N3O. The van der Waals surface area contributed by atoms with Crippen LogP contribution in [-0.2, 0) is 6.54 Å². The molecule has 1 fully saturated rings. The van der Waals surface area contributed by atoms with Gasteiger partial charge in [-0.25, -0.2) is 4.98 Å². The van der Waals surface area contributed by atoms with Crippen LogP contribution in [0, 0.1) is 11.3 Å². The van der Waals surface area contributed by atoms with E-state index in [0.717, 1.165) is 12.8 Å². The molecule has 0 bridgehead atoms. The van der Waals surface area contributed by atoms with Crippen molar-refractivity contribution in [2.75, 3.05) is 0 Å². The molecular weight excluding hydrogens is 226 g/mol. The van der Waals surface area contributed by atoms with Gasteiger partial charge in [0.2, 0.25) is 0 Å². The minimum absolute atomic E-state index is 0.152. The lowest BCUT2D eigenvalue weighted by atomic mass is 9.64. The van der Waals surface area contributed by atoms with Gasteiger partial charge in [-0.1, -0.05) is 40.0 Å². The van der Waals surface area contributed by atoms with Gasteiger partial charge in [0, 0.05) is 0 Å². The summed E-state index contributed by atoms with van der Waals surface area (Å²) in [5.74, 6) is 0.371. The first-order chi connectivity index (χ1) is 8.43. The van der Waals surface area contributed by atoms with E-state index in [2.05, 4.69) is 30.9 Å². The van der Waals surface area contributed by atoms with Crippen LogP contribution in [0.25, 0.3) is 0 Å². The van der Waals surface area contributed by atoms with Crippen LogP contribution < -0.4 is 0 Å². The maximum absolute atomic E-state index is 11.3. The van der Waals surface area contributed by atoms with Crippen molar-refractivity contribution >= 4 is 0 Å². The van der Waals surface area contributed by atoms with Crippen molar-refractivity contribution in [3.8, 4) is 0 Å². The Labute approximate surface area is 109 Å². The second kappa shape index (κ2) is 5.00. The molecule has 102 valence electrons. The standard InChI is InChI=1S/C14H25N3O/c1-13(2,3)14(18,9-17-11-15-10-16-17)12-7-5-4-6-8-12/h10-12,18H,4-9H2,1-3H3. The van der Waals surface area contributed by atoms with Crippen molar-refractivity contribution < 1.29 is 5.11 Å². The predicted molar refractivity (Wildman–Crippen MR) is 71.0 cm³/mol. The van der Waals surface area contributed by atoms with Gasteiger partial charge in [-0.15, -0.1) is 0 Å². The summed E-state index contributed by atoms with van der Waals surface area (Å²) in [6.45, 7) is 6.91. The molecule has 1 aromatic rings. The zero-order chi connectivity index (χ0) is 13.2. The van der Waals surface area contributed by atoms with Gasteiger partial charge in [-0.3, -0.25) is 4.68 Å². The molecule has 0 saturated heterocycles. The van der Waals surface area contributed by atoms with Crippen LogP contribution in [0.15, 0.2) is 12.7 Å². The fraction of sp³-hybridized carbons (Fsp3) is 0.857. The van der Waals surface area contributed by atoms with E-state index >= 15 is 0 Å². The molecule has 0 aromatic carbocycles. The number of aliphatic hydroxyl groups is 1. The van der Waals surface area contributed by atoms with Gasteiger partial charge in [0.25, 0.3) is 0 Å². The Bertz CT molecular complexity index is 363. The van der Waals surface area contributed by atoms with Gasteiger partial charge in [-0.2, -0.15) is 5.10 Å². The van der Waals surface area contributed by atoms with E-state index in [1.165, 1.54) is 25.6 Å². The van der Waals surface area contributed by atoms with E-state index in [1.807, 2.05) is 0 Å². The number of rotatable bonds is 3. The Morgan fingerprint density at radius 1 is 1.22 bits per heavy atom. The molecule has 2 rings (SSSR count). The number of nitrogens with zero attached hydrogens (tertiary/aromatic N) is 3. The first-order valence-electron chi connectivity index (χ1n) is 6.98. The van der Waals surface area contributed by atoms with Gasteiger partial charge in [0.15, 0.2) is 0 Å². The van der Waals surface area contributed by atoms with Crippen molar-refractivity contribution in [1.29, 1.82) is 0 Å². The van der Waals surface area contributed by atoms with Crippen LogP contribution in [0.3, 0.4) is 0 Å². The minimum atomic E-state index is -0.707. The maximum Gasteiger partial charge on any atom is 0.137 e. The summed E-state index contributed by atoms with van der Waals surface area (Å²) in [5.41, 5.74) is -0.859. The minimum Gasteiger partial charge on any atom is -0.387 e. The molecule has 0 spiro atoms. The zero-order valence-corrected chi connectivity index (χ0v) is 11.8. The van der Waals surface area contributed by atoms with E-state index in [1.54, 1.807) is 11.0 Å². The predicted octanol–water partition coefficient (Wildman–Crippen LogP) is 2.64. The quantitative estimate of drug-likeness (QED) is 0.898. The normalized spacial score (nSPS) is 21.8. The smallest absolute Gasteiger partial charge is 0.137 e. The van der Waals surface area contributed by atoms with Crippen LogP contribution >= 0.6 is 0 Å². The molecule has 4 nitrogen and oxygen atoms in total. The Hall–Kier alpha value is -0.900. The lowest BCUT2D eigenvalue weighted by Gasteiger charge is -2.47. The van der Waals surface area contributed by atoms with Crippen LogP contribution in [0.4, 0.5) is 0 Å². The molecule has 1 aliphatic carbocycles. The topological polar surface area (TPSA) is 50.9 Å². The van der Waals surface area contributed by atoms with Gasteiger partial charge in [0.05, 0.1) is 12.1 Å². The van der Waals surface area contributed by atoms with E-state index in [4.69, 9.17) is 0 Å². The van der Waals surface area contributed by atoms with Crippen molar-refractivity contribution in [2.24, 2.45) is 11.3 Å². The van der Waals surface area contributed by atoms with E-state index in [9.17, 15) is 5.11 Å². The summed E-state index contributed by atoms with van der Waals surface area (Å²) >= 11 is 0. The Morgan fingerprint density at radius 3 is 2.39 bits per heavy atom. The molecule has 0 aliphatic heterocycles. The fourth-order valence-electron chi connectivity index (χ4n) is 3.12. The second-order valence-electron chi connectivity index (χ2n) is 6.60. The average molecular weight is 251 g/mol. The zero-order valence-electron chi connectivity index (χ0n) is 11.8. The summed E-state index contributed by atoms with van der Waals surface area (Å²) in [7, 11) is 0. The van der Waals surface area contributed by atoms with Crippen molar-refractivity contribution in [2.45, 2.75) is 65.0 Å². The van der Waals surface area contributed by atoms with Crippen molar-refractivity contribution in [1.82, 2.24) is 14.8 Å². The third-order valence-corrected chi connectivity index (χ3v) is 4.45. The molecule has 0 amide bonds. The average Bonchev–Trinajstić information content (AvgIpc) is 2.81. The van der Waals surface area contributed by atoms with Gasteiger partial charge >= 0.3 is 0 Å². The second-order valence-corrected chi connectivity index (χ2v) is 6.60. The van der Waals surface area contributed by atoms with Gasteiger partial charge in [0.1, 0.15) is 12.7 Å². The SMILES string of the molecule is CC(C)(C)C(O)(Cn1cncn1)C1CCCCC1. The Balaban J connectivity index is 2.22. The third-order valence-electron chi connectivity index (χ3n) is 4.45. The van der Waals surface area contributed by atoms with Crippen LogP contribution in [0.5, 0.6) is 0 Å². The summed E-state index contributed by atoms with van der Waals surface area (Å²) in [6.07, 6.45) is 9.26. The first-order valence-corrected chi connectivity index (χ1v) is 6.98. The summed E-state index contributed by atoms with van der Waals surface area (Å²) in [6, 6.07) is 0. The molecule has 1 saturated carbocycles. The molecule has 18 heavy (non-hydrogen) atoms. The van der Waals surface area contributed by atoms with Crippen LogP contribution in [0.2, 0.25) is 0 Å². The largest absolute Gasteiger partial charge is 0.387 e. The molecule has 0 radical (unpaired) electrons. The van der Waals surface area contributed by atoms with Crippen molar-refractivity contribution in [3.05, 3.63) is 12.7 Å². The van der Waals surface area contributed by atoms with Crippen LogP contribution in [-0.4, -0.2) is 25.5 Å². The highest BCUT2D eigenvalue weighted by atomic mass is 16.3. The molecule has 4 heteroatoms. The summed E-state index contributed by atoms with van der Waals surface area (Å²) < 4.78 is 1.76. The Kier molecular flexibility index (Phi) is 3.76. The fourth-order valence-corrected chi connectivity index (χ4v) is 3.12. The van der Waals surface area contributed by atoms with Gasteiger partial charge in [-0.05, 0) is 24.2 Å². The van der Waals surface area contributed by atoms with Crippen LogP contribution in [0.1, 0.15) is 52.9 Å². The first kappa shape index (κ1) is 13.5. The number of hydrogen-bond donors (Lipinski definition) is 1. The van der Waals surface area contributed by atoms with E-state index in [-0.39, 0.29) is 5.41 Å². The monoisotopic (exact) mass is 251 g/mol. The van der Waals surface area contributed by atoms with E-state index in [0.29, 0.717) is 12.5 Å². The molecule has 1 heterocycles. The third kappa shape index (κ3) is 2.58. The van der Waals surface area contributed by atoms with Gasteiger partial charge < -0.3 is 5.11 Å². The maximum atomic E-state index is 11.3. The molecule has 1 atom stereocenters. The molecule has 1 aromatic heterocycles. The highest BCUT2D eigenvalue weighted by Crippen LogP contribution is 2.44.